The molecule has 19 heavy (non-hydrogen) atoms. The minimum Gasteiger partial charge on any atom is -0.397 e. The van der Waals surface area contributed by atoms with Crippen molar-refractivity contribution < 1.29 is 4.74 Å². The number of nitrogen functional groups attached to an aromatic ring is 1. The molecular weight excluding hydrogens is 258 g/mol. The van der Waals surface area contributed by atoms with E-state index in [2.05, 4.69) is 29.8 Å². The molecule has 0 aliphatic rings. The average molecular weight is 279 g/mol. The van der Waals surface area contributed by atoms with E-state index in [0.29, 0.717) is 12.6 Å². The Bertz CT molecular complexity index is 565. The van der Waals surface area contributed by atoms with Crippen molar-refractivity contribution in [3.8, 4) is 0 Å². The van der Waals surface area contributed by atoms with Crippen molar-refractivity contribution in [2.75, 3.05) is 30.9 Å². The largest absolute Gasteiger partial charge is 0.397 e. The summed E-state index contributed by atoms with van der Waals surface area (Å²) in [7, 11) is 1.72. The minimum absolute atomic E-state index is 0.370. The molecule has 0 bridgehead atoms. The maximum absolute atomic E-state index is 6.20. The Kier molecular flexibility index (Phi) is 4.27. The molecule has 1 aromatic heterocycles. The van der Waals surface area contributed by atoms with E-state index in [-0.39, 0.29) is 0 Å². The van der Waals surface area contributed by atoms with Crippen LogP contribution in [0.25, 0.3) is 10.2 Å². The number of rotatable bonds is 5. The summed E-state index contributed by atoms with van der Waals surface area (Å²) >= 11 is 1.68. The lowest BCUT2D eigenvalue weighted by Gasteiger charge is -2.29. The number of thiazole rings is 1. The molecule has 1 heterocycles. The average Bonchev–Trinajstić information content (AvgIpc) is 2.68. The molecule has 4 nitrogen and oxygen atoms in total. The topological polar surface area (TPSA) is 51.4 Å². The first-order chi connectivity index (χ1) is 9.02. The van der Waals surface area contributed by atoms with Gasteiger partial charge in [-0.1, -0.05) is 0 Å². The van der Waals surface area contributed by atoms with Crippen LogP contribution in [0.15, 0.2) is 12.1 Å². The summed E-state index contributed by atoms with van der Waals surface area (Å²) in [6, 6.07) is 4.48. The Hall–Kier alpha value is -1.33. The molecule has 0 saturated heterocycles. The van der Waals surface area contributed by atoms with Crippen LogP contribution in [0.2, 0.25) is 0 Å². The first-order valence-corrected chi connectivity index (χ1v) is 7.26. The molecule has 0 atom stereocenters. The fraction of sp³-hybridized carbons (Fsp3) is 0.500. The summed E-state index contributed by atoms with van der Waals surface area (Å²) in [5.74, 6) is 0. The molecule has 2 aromatic rings. The second kappa shape index (κ2) is 5.75. The molecule has 0 amide bonds. The fourth-order valence-corrected chi connectivity index (χ4v) is 3.05. The second-order valence-electron chi connectivity index (χ2n) is 4.89. The molecule has 0 aliphatic heterocycles. The van der Waals surface area contributed by atoms with Gasteiger partial charge in [0.1, 0.15) is 0 Å². The Labute approximate surface area is 118 Å². The maximum Gasteiger partial charge on any atom is 0.0907 e. The lowest BCUT2D eigenvalue weighted by molar-refractivity contribution is 0.204. The van der Waals surface area contributed by atoms with Gasteiger partial charge in [0.05, 0.1) is 33.2 Å². The third-order valence-corrected chi connectivity index (χ3v) is 4.05. The van der Waals surface area contributed by atoms with Crippen LogP contribution in [0, 0.1) is 6.92 Å². The molecule has 5 heteroatoms. The SMILES string of the molecule is COCCN(c1cc2nc(C)sc2cc1N)C(C)C. The zero-order valence-corrected chi connectivity index (χ0v) is 12.8. The van der Waals surface area contributed by atoms with Crippen molar-refractivity contribution in [2.24, 2.45) is 0 Å². The zero-order valence-electron chi connectivity index (χ0n) is 11.9. The van der Waals surface area contributed by atoms with Gasteiger partial charge in [0, 0.05) is 19.7 Å². The molecule has 0 saturated carbocycles. The molecule has 1 aromatic carbocycles. The summed E-state index contributed by atoms with van der Waals surface area (Å²) in [5.41, 5.74) is 9.08. The summed E-state index contributed by atoms with van der Waals surface area (Å²) in [6.07, 6.45) is 0. The lowest BCUT2D eigenvalue weighted by Crippen LogP contribution is -2.34. The van der Waals surface area contributed by atoms with Crippen LogP contribution in [-0.2, 0) is 4.74 Å². The van der Waals surface area contributed by atoms with E-state index in [9.17, 15) is 0 Å². The number of ether oxygens (including phenoxy) is 1. The van der Waals surface area contributed by atoms with Crippen molar-refractivity contribution in [3.05, 3.63) is 17.1 Å². The number of fused-ring (bicyclic) bond motifs is 1. The normalized spacial score (nSPS) is 11.4. The smallest absolute Gasteiger partial charge is 0.0907 e. The van der Waals surface area contributed by atoms with Crippen molar-refractivity contribution in [1.29, 1.82) is 0 Å². The predicted molar refractivity (Wildman–Crippen MR) is 83.1 cm³/mol. The van der Waals surface area contributed by atoms with Crippen molar-refractivity contribution in [1.82, 2.24) is 4.98 Å². The summed E-state index contributed by atoms with van der Waals surface area (Å²) < 4.78 is 6.33. The minimum atomic E-state index is 0.370. The number of benzene rings is 1. The predicted octanol–water partition coefficient (Wildman–Crippen LogP) is 3.05. The highest BCUT2D eigenvalue weighted by Gasteiger charge is 2.15. The number of hydrogen-bond donors (Lipinski definition) is 1. The number of anilines is 2. The van der Waals surface area contributed by atoms with E-state index in [1.54, 1.807) is 18.4 Å². The number of aromatic nitrogens is 1. The second-order valence-corrected chi connectivity index (χ2v) is 6.13. The standard InChI is InChI=1S/C14H21N3OS/c1-9(2)17(5-6-18-4)13-8-12-14(7-11(13)15)19-10(3)16-12/h7-9H,5-6,15H2,1-4H3. The maximum atomic E-state index is 6.20. The first kappa shape index (κ1) is 14.1. The zero-order chi connectivity index (χ0) is 14.0. The molecule has 0 fully saturated rings. The van der Waals surface area contributed by atoms with Crippen LogP contribution in [0.3, 0.4) is 0 Å². The summed E-state index contributed by atoms with van der Waals surface area (Å²) in [5, 5.41) is 1.07. The van der Waals surface area contributed by atoms with E-state index < -0.39 is 0 Å². The Morgan fingerprint density at radius 1 is 1.42 bits per heavy atom. The molecular formula is C14H21N3OS. The van der Waals surface area contributed by atoms with Crippen molar-refractivity contribution in [3.63, 3.8) is 0 Å². The quantitative estimate of drug-likeness (QED) is 0.855. The fourth-order valence-electron chi connectivity index (χ4n) is 2.19. The van der Waals surface area contributed by atoms with Crippen LogP contribution in [0.4, 0.5) is 11.4 Å². The monoisotopic (exact) mass is 279 g/mol. The number of nitrogens with two attached hydrogens (primary N) is 1. The van der Waals surface area contributed by atoms with Crippen molar-refractivity contribution in [2.45, 2.75) is 26.8 Å². The van der Waals surface area contributed by atoms with Gasteiger partial charge >= 0.3 is 0 Å². The van der Waals surface area contributed by atoms with Gasteiger partial charge in [-0.3, -0.25) is 0 Å². The van der Waals surface area contributed by atoms with Crippen LogP contribution >= 0.6 is 11.3 Å². The van der Waals surface area contributed by atoms with E-state index in [4.69, 9.17) is 10.5 Å². The van der Waals surface area contributed by atoms with E-state index in [1.807, 2.05) is 13.0 Å². The molecule has 0 radical (unpaired) electrons. The Morgan fingerprint density at radius 3 is 2.79 bits per heavy atom. The Balaban J connectivity index is 2.42. The van der Waals surface area contributed by atoms with Crippen LogP contribution in [0.5, 0.6) is 0 Å². The van der Waals surface area contributed by atoms with Crippen LogP contribution in [-0.4, -0.2) is 31.3 Å². The van der Waals surface area contributed by atoms with Gasteiger partial charge in [-0.2, -0.15) is 0 Å². The number of hydrogen-bond acceptors (Lipinski definition) is 5. The third kappa shape index (κ3) is 2.98. The van der Waals surface area contributed by atoms with Gasteiger partial charge in [-0.25, -0.2) is 4.98 Å². The van der Waals surface area contributed by atoms with E-state index in [1.165, 1.54) is 0 Å². The molecule has 0 unspecified atom stereocenters. The lowest BCUT2D eigenvalue weighted by atomic mass is 10.2. The number of methoxy groups -OCH3 is 1. The molecule has 2 rings (SSSR count). The van der Waals surface area contributed by atoms with Gasteiger partial charge in [0.15, 0.2) is 0 Å². The highest BCUT2D eigenvalue weighted by Crippen LogP contribution is 2.32. The van der Waals surface area contributed by atoms with Gasteiger partial charge < -0.3 is 15.4 Å². The highest BCUT2D eigenvalue weighted by molar-refractivity contribution is 7.18. The summed E-state index contributed by atoms with van der Waals surface area (Å²) in [6.45, 7) is 7.85. The number of aryl methyl sites for hydroxylation is 1. The molecule has 0 aliphatic carbocycles. The third-order valence-electron chi connectivity index (χ3n) is 3.11. The first-order valence-electron chi connectivity index (χ1n) is 6.45. The van der Waals surface area contributed by atoms with Gasteiger partial charge in [0.2, 0.25) is 0 Å². The van der Waals surface area contributed by atoms with E-state index in [0.717, 1.165) is 33.1 Å². The van der Waals surface area contributed by atoms with Gasteiger partial charge in [0.25, 0.3) is 0 Å². The van der Waals surface area contributed by atoms with E-state index >= 15 is 0 Å². The van der Waals surface area contributed by atoms with Crippen molar-refractivity contribution >= 4 is 32.9 Å². The van der Waals surface area contributed by atoms with Gasteiger partial charge in [-0.15, -0.1) is 11.3 Å². The highest BCUT2D eigenvalue weighted by atomic mass is 32.1. The van der Waals surface area contributed by atoms with Gasteiger partial charge in [-0.05, 0) is 32.9 Å². The van der Waals surface area contributed by atoms with Crippen LogP contribution in [0.1, 0.15) is 18.9 Å². The van der Waals surface area contributed by atoms with Crippen LogP contribution < -0.4 is 10.6 Å². The summed E-state index contributed by atoms with van der Waals surface area (Å²) in [4.78, 5) is 6.80. The number of nitrogens with zero attached hydrogens (tertiary/aromatic N) is 2. The molecule has 2 N–H and O–H groups in total. The Morgan fingerprint density at radius 2 is 2.16 bits per heavy atom. The molecule has 104 valence electrons. The molecule has 0 spiro atoms.